The zero-order valence-electron chi connectivity index (χ0n) is 13.0. The highest BCUT2D eigenvalue weighted by molar-refractivity contribution is 7.89. The van der Waals surface area contributed by atoms with Gasteiger partial charge in [0.15, 0.2) is 0 Å². The molecule has 1 aromatic carbocycles. The third-order valence-corrected chi connectivity index (χ3v) is 4.78. The lowest BCUT2D eigenvalue weighted by atomic mass is 10.3. The van der Waals surface area contributed by atoms with Crippen molar-refractivity contribution in [3.63, 3.8) is 0 Å². The number of carbonyl (C=O) groups excluding carboxylic acids is 1. The van der Waals surface area contributed by atoms with Crippen LogP contribution in [0.25, 0.3) is 0 Å². The smallest absolute Gasteiger partial charge is 0.270 e. The molecule has 0 heterocycles. The second kappa shape index (κ2) is 8.56. The number of hydrogen-bond donors (Lipinski definition) is 2. The van der Waals surface area contributed by atoms with E-state index in [1.165, 1.54) is 25.2 Å². The number of benzene rings is 1. The molecule has 1 amide bonds. The van der Waals surface area contributed by atoms with Crippen LogP contribution in [0.3, 0.4) is 0 Å². The Kier molecular flexibility index (Phi) is 7.07. The van der Waals surface area contributed by atoms with Crippen molar-refractivity contribution < 1.29 is 18.1 Å². The maximum Gasteiger partial charge on any atom is 0.270 e. The Morgan fingerprint density at radius 1 is 1.35 bits per heavy atom. The Balaban J connectivity index is 2.74. The van der Waals surface area contributed by atoms with Crippen LogP contribution in [-0.4, -0.2) is 56.8 Å². The minimum absolute atomic E-state index is 0.227. The van der Waals surface area contributed by atoms with Crippen LogP contribution in [0.5, 0.6) is 0 Å². The molecule has 0 bridgehead atoms. The lowest BCUT2D eigenvalue weighted by Crippen LogP contribution is -2.40. The van der Waals surface area contributed by atoms with Crippen molar-refractivity contribution >= 4 is 21.6 Å². The number of nitro benzene ring substituents is 1. The summed E-state index contributed by atoms with van der Waals surface area (Å²) in [5.41, 5.74) is -0.324. The van der Waals surface area contributed by atoms with Gasteiger partial charge < -0.3 is 10.6 Å². The fourth-order valence-corrected chi connectivity index (χ4v) is 2.91. The van der Waals surface area contributed by atoms with Crippen LogP contribution in [0.2, 0.25) is 0 Å². The molecule has 9 nitrogen and oxygen atoms in total. The third-order valence-electron chi connectivity index (χ3n) is 2.98. The van der Waals surface area contributed by atoms with E-state index in [4.69, 9.17) is 0 Å². The van der Waals surface area contributed by atoms with Crippen LogP contribution in [0.15, 0.2) is 29.2 Å². The number of rotatable bonds is 9. The van der Waals surface area contributed by atoms with Gasteiger partial charge in [-0.3, -0.25) is 14.9 Å². The minimum atomic E-state index is -3.97. The number of carbonyl (C=O) groups is 1. The Hall–Kier alpha value is -2.04. The fourth-order valence-electron chi connectivity index (χ4n) is 1.75. The largest absolute Gasteiger partial charge is 0.354 e. The molecule has 0 fully saturated rings. The van der Waals surface area contributed by atoms with Gasteiger partial charge in [-0.05, 0) is 12.6 Å². The number of likely N-dealkylation sites (N-methyl/N-ethyl adjacent to an activating group) is 2. The molecule has 0 atom stereocenters. The molecule has 1 rings (SSSR count). The molecule has 10 heteroatoms. The van der Waals surface area contributed by atoms with Crippen molar-refractivity contribution in [2.75, 3.05) is 33.2 Å². The van der Waals surface area contributed by atoms with Crippen molar-refractivity contribution in [1.29, 1.82) is 0 Å². The zero-order chi connectivity index (χ0) is 17.5. The van der Waals surface area contributed by atoms with E-state index < -0.39 is 20.9 Å². The first-order valence-electron chi connectivity index (χ1n) is 6.97. The number of non-ortho nitro benzene ring substituents is 1. The highest BCUT2D eigenvalue weighted by Crippen LogP contribution is 2.19. The van der Waals surface area contributed by atoms with Crippen LogP contribution in [0, 0.1) is 10.1 Å². The van der Waals surface area contributed by atoms with Gasteiger partial charge in [0.25, 0.3) is 5.69 Å². The molecule has 0 aliphatic carbocycles. The van der Waals surface area contributed by atoms with Gasteiger partial charge >= 0.3 is 0 Å². The van der Waals surface area contributed by atoms with Crippen molar-refractivity contribution in [3.05, 3.63) is 34.4 Å². The standard InChI is InChI=1S/C13H20N4O5S/c1-3-14-7-8-15-13(18)10-16(2)23(21,22)12-6-4-5-11(9-12)17(19)20/h4-6,9,14H,3,7-8,10H2,1-2H3,(H,15,18). The molecule has 0 radical (unpaired) electrons. The van der Waals surface area contributed by atoms with E-state index in [9.17, 15) is 23.3 Å². The summed E-state index contributed by atoms with van der Waals surface area (Å²) in [6, 6.07) is 4.71. The van der Waals surface area contributed by atoms with Crippen LogP contribution in [-0.2, 0) is 14.8 Å². The van der Waals surface area contributed by atoms with Gasteiger partial charge in [0, 0.05) is 32.3 Å². The molecule has 23 heavy (non-hydrogen) atoms. The first kappa shape index (κ1) is 19.0. The molecule has 0 aliphatic heterocycles. The van der Waals surface area contributed by atoms with Crippen molar-refractivity contribution in [2.45, 2.75) is 11.8 Å². The van der Waals surface area contributed by atoms with Crippen LogP contribution in [0.1, 0.15) is 6.92 Å². The topological polar surface area (TPSA) is 122 Å². The molecule has 0 unspecified atom stereocenters. The molecule has 0 spiro atoms. The predicted octanol–water partition coefficient (Wildman–Crippen LogP) is -0.0590. The molecule has 0 aliphatic rings. The number of sulfonamides is 1. The van der Waals surface area contributed by atoms with E-state index >= 15 is 0 Å². The van der Waals surface area contributed by atoms with E-state index in [1.807, 2.05) is 6.92 Å². The highest BCUT2D eigenvalue weighted by atomic mass is 32.2. The summed E-state index contributed by atoms with van der Waals surface area (Å²) < 4.78 is 25.5. The lowest BCUT2D eigenvalue weighted by Gasteiger charge is -2.16. The SMILES string of the molecule is CCNCCNC(=O)CN(C)S(=O)(=O)c1cccc([N+](=O)[O-])c1. The van der Waals surface area contributed by atoms with Crippen LogP contribution in [0.4, 0.5) is 5.69 Å². The quantitative estimate of drug-likeness (QED) is 0.368. The monoisotopic (exact) mass is 344 g/mol. The van der Waals surface area contributed by atoms with Gasteiger partial charge in [0.2, 0.25) is 15.9 Å². The molecular weight excluding hydrogens is 324 g/mol. The van der Waals surface area contributed by atoms with E-state index in [-0.39, 0.29) is 17.1 Å². The number of amides is 1. The van der Waals surface area contributed by atoms with E-state index in [0.29, 0.717) is 13.1 Å². The molecular formula is C13H20N4O5S. The van der Waals surface area contributed by atoms with Gasteiger partial charge in [-0.15, -0.1) is 0 Å². The summed E-state index contributed by atoms with van der Waals surface area (Å²) in [5.74, 6) is -0.445. The Labute approximate surface area is 134 Å². The maximum atomic E-state index is 12.3. The summed E-state index contributed by atoms with van der Waals surface area (Å²) in [4.78, 5) is 21.5. The third kappa shape index (κ3) is 5.58. The zero-order valence-corrected chi connectivity index (χ0v) is 13.8. The average Bonchev–Trinajstić information content (AvgIpc) is 2.51. The van der Waals surface area contributed by atoms with Gasteiger partial charge in [-0.25, -0.2) is 8.42 Å². The molecule has 1 aromatic rings. The summed E-state index contributed by atoms with van der Waals surface area (Å²) in [7, 11) is -2.72. The summed E-state index contributed by atoms with van der Waals surface area (Å²) in [6.07, 6.45) is 0. The lowest BCUT2D eigenvalue weighted by molar-refractivity contribution is -0.385. The van der Waals surface area contributed by atoms with Gasteiger partial charge in [0.1, 0.15) is 0 Å². The maximum absolute atomic E-state index is 12.3. The second-order valence-corrected chi connectivity index (χ2v) is 6.76. The fraction of sp³-hybridized carbons (Fsp3) is 0.462. The van der Waals surface area contributed by atoms with Crippen molar-refractivity contribution in [3.8, 4) is 0 Å². The normalized spacial score (nSPS) is 11.4. The van der Waals surface area contributed by atoms with Crippen molar-refractivity contribution in [2.24, 2.45) is 0 Å². The summed E-state index contributed by atoms with van der Waals surface area (Å²) in [6.45, 7) is 3.32. The average molecular weight is 344 g/mol. The van der Waals surface area contributed by atoms with E-state index in [0.717, 1.165) is 16.9 Å². The Morgan fingerprint density at radius 3 is 2.65 bits per heavy atom. The van der Waals surface area contributed by atoms with Crippen LogP contribution < -0.4 is 10.6 Å². The first-order chi connectivity index (χ1) is 10.8. The molecule has 0 saturated heterocycles. The van der Waals surface area contributed by atoms with Gasteiger partial charge in [-0.2, -0.15) is 4.31 Å². The molecule has 0 aromatic heterocycles. The summed E-state index contributed by atoms with van der Waals surface area (Å²) in [5, 5.41) is 16.3. The van der Waals surface area contributed by atoms with E-state index in [1.54, 1.807) is 0 Å². The van der Waals surface area contributed by atoms with E-state index in [2.05, 4.69) is 10.6 Å². The van der Waals surface area contributed by atoms with Crippen LogP contribution >= 0.6 is 0 Å². The predicted molar refractivity (Wildman–Crippen MR) is 84.5 cm³/mol. The molecule has 0 saturated carbocycles. The van der Waals surface area contributed by atoms with Crippen molar-refractivity contribution in [1.82, 2.24) is 14.9 Å². The molecule has 128 valence electrons. The highest BCUT2D eigenvalue weighted by Gasteiger charge is 2.24. The number of nitro groups is 1. The molecule has 2 N–H and O–H groups in total. The van der Waals surface area contributed by atoms with Gasteiger partial charge in [-0.1, -0.05) is 13.0 Å². The van der Waals surface area contributed by atoms with Gasteiger partial charge in [0.05, 0.1) is 16.4 Å². The number of nitrogens with zero attached hydrogens (tertiary/aromatic N) is 2. The first-order valence-corrected chi connectivity index (χ1v) is 8.41. The number of hydrogen-bond acceptors (Lipinski definition) is 6. The minimum Gasteiger partial charge on any atom is -0.354 e. The summed E-state index contributed by atoms with van der Waals surface area (Å²) >= 11 is 0. The Morgan fingerprint density at radius 2 is 2.04 bits per heavy atom. The number of nitrogens with one attached hydrogen (secondary N) is 2. The second-order valence-electron chi connectivity index (χ2n) is 4.72. The Bertz CT molecular complexity index is 662.